The van der Waals surface area contributed by atoms with E-state index in [0.29, 0.717) is 17.1 Å². The number of rotatable bonds is 5. The molecule has 0 aliphatic carbocycles. The number of amides is 1. The first kappa shape index (κ1) is 15.6. The number of carbonyl (C=O) groups is 1. The van der Waals surface area contributed by atoms with Gasteiger partial charge < -0.3 is 15.4 Å². The van der Waals surface area contributed by atoms with Crippen LogP contribution >= 0.6 is 22.6 Å². The van der Waals surface area contributed by atoms with E-state index in [1.54, 1.807) is 25.3 Å². The minimum Gasteiger partial charge on any atom is -0.495 e. The molecular weight excluding hydrogens is 386 g/mol. The van der Waals surface area contributed by atoms with E-state index in [4.69, 9.17) is 4.74 Å². The van der Waals surface area contributed by atoms with Crippen molar-refractivity contribution in [1.29, 1.82) is 0 Å². The fourth-order valence-corrected chi connectivity index (χ4v) is 2.42. The van der Waals surface area contributed by atoms with Crippen LogP contribution in [0.3, 0.4) is 0 Å². The molecule has 4 nitrogen and oxygen atoms in total. The van der Waals surface area contributed by atoms with Crippen molar-refractivity contribution in [1.82, 2.24) is 0 Å². The molecule has 0 aliphatic heterocycles. The van der Waals surface area contributed by atoms with E-state index in [2.05, 4.69) is 10.6 Å². The number of carbonyl (C=O) groups excluding carboxylic acids is 1. The molecule has 0 aliphatic rings. The van der Waals surface area contributed by atoms with E-state index in [-0.39, 0.29) is 18.3 Å². The Labute approximate surface area is 135 Å². The van der Waals surface area contributed by atoms with Crippen LogP contribution in [-0.2, 0) is 4.79 Å². The van der Waals surface area contributed by atoms with Crippen LogP contribution in [0.4, 0.5) is 15.8 Å². The lowest BCUT2D eigenvalue weighted by molar-refractivity contribution is -0.114. The van der Waals surface area contributed by atoms with Gasteiger partial charge in [0.15, 0.2) is 0 Å². The molecule has 0 heterocycles. The number of hydrogen-bond acceptors (Lipinski definition) is 3. The number of halogens is 2. The highest BCUT2D eigenvalue weighted by atomic mass is 127. The highest BCUT2D eigenvalue weighted by Crippen LogP contribution is 2.23. The van der Waals surface area contributed by atoms with Gasteiger partial charge in [-0.2, -0.15) is 0 Å². The second-order valence-electron chi connectivity index (χ2n) is 4.23. The molecule has 21 heavy (non-hydrogen) atoms. The second kappa shape index (κ2) is 7.26. The predicted octanol–water partition coefficient (Wildman–Crippen LogP) is 3.49. The van der Waals surface area contributed by atoms with Crippen molar-refractivity contribution in [2.45, 2.75) is 0 Å². The molecule has 0 bridgehead atoms. The third kappa shape index (κ3) is 4.32. The SMILES string of the molecule is COc1ccccc1NC(=O)CNc1ccc(F)cc1I. The molecule has 6 heteroatoms. The van der Waals surface area contributed by atoms with E-state index in [9.17, 15) is 9.18 Å². The van der Waals surface area contributed by atoms with Crippen LogP contribution in [0.15, 0.2) is 42.5 Å². The first-order valence-corrected chi connectivity index (χ1v) is 7.30. The Balaban J connectivity index is 1.96. The van der Waals surface area contributed by atoms with E-state index >= 15 is 0 Å². The Morgan fingerprint density at radius 2 is 2.00 bits per heavy atom. The molecule has 0 spiro atoms. The molecule has 2 N–H and O–H groups in total. The van der Waals surface area contributed by atoms with Gasteiger partial charge in [-0.15, -0.1) is 0 Å². The van der Waals surface area contributed by atoms with Crippen molar-refractivity contribution in [3.63, 3.8) is 0 Å². The van der Waals surface area contributed by atoms with Crippen molar-refractivity contribution in [2.24, 2.45) is 0 Å². The van der Waals surface area contributed by atoms with E-state index < -0.39 is 0 Å². The third-order valence-electron chi connectivity index (χ3n) is 2.75. The largest absolute Gasteiger partial charge is 0.495 e. The molecule has 2 rings (SSSR count). The lowest BCUT2D eigenvalue weighted by Gasteiger charge is -2.11. The maximum absolute atomic E-state index is 13.0. The number of anilines is 2. The Bertz CT molecular complexity index is 649. The van der Waals surface area contributed by atoms with Crippen LogP contribution in [0, 0.1) is 9.39 Å². The van der Waals surface area contributed by atoms with Crippen LogP contribution in [0.1, 0.15) is 0 Å². The van der Waals surface area contributed by atoms with Gasteiger partial charge in [0.25, 0.3) is 0 Å². The molecule has 1 amide bonds. The Hall–Kier alpha value is -1.83. The van der Waals surface area contributed by atoms with Crippen LogP contribution < -0.4 is 15.4 Å². The summed E-state index contributed by atoms with van der Waals surface area (Å²) >= 11 is 2.01. The quantitative estimate of drug-likeness (QED) is 0.756. The average molecular weight is 400 g/mol. The second-order valence-corrected chi connectivity index (χ2v) is 5.39. The van der Waals surface area contributed by atoms with Gasteiger partial charge in [0, 0.05) is 9.26 Å². The fourth-order valence-electron chi connectivity index (χ4n) is 1.75. The Morgan fingerprint density at radius 3 is 2.71 bits per heavy atom. The summed E-state index contributed by atoms with van der Waals surface area (Å²) in [6, 6.07) is 11.5. The molecule has 2 aromatic rings. The highest BCUT2D eigenvalue weighted by molar-refractivity contribution is 14.1. The van der Waals surface area contributed by atoms with Gasteiger partial charge in [-0.1, -0.05) is 12.1 Å². The van der Waals surface area contributed by atoms with E-state index in [0.717, 1.165) is 3.57 Å². The molecule has 0 aromatic heterocycles. The summed E-state index contributed by atoms with van der Waals surface area (Å²) in [4.78, 5) is 11.9. The number of hydrogen-bond donors (Lipinski definition) is 2. The lowest BCUT2D eigenvalue weighted by atomic mass is 10.3. The van der Waals surface area contributed by atoms with Gasteiger partial charge in [-0.3, -0.25) is 4.79 Å². The first-order valence-electron chi connectivity index (χ1n) is 6.22. The summed E-state index contributed by atoms with van der Waals surface area (Å²) in [6.45, 7) is 0.0830. The summed E-state index contributed by atoms with van der Waals surface area (Å²) in [6.07, 6.45) is 0. The molecular formula is C15H14FIN2O2. The molecule has 0 unspecified atom stereocenters. The lowest BCUT2D eigenvalue weighted by Crippen LogP contribution is -2.22. The maximum Gasteiger partial charge on any atom is 0.243 e. The van der Waals surface area contributed by atoms with Crippen LogP contribution in [-0.4, -0.2) is 19.6 Å². The smallest absolute Gasteiger partial charge is 0.243 e. The summed E-state index contributed by atoms with van der Waals surface area (Å²) in [7, 11) is 1.55. The Kier molecular flexibility index (Phi) is 5.38. The number of nitrogens with one attached hydrogen (secondary N) is 2. The fraction of sp³-hybridized carbons (Fsp3) is 0.133. The predicted molar refractivity (Wildman–Crippen MR) is 89.2 cm³/mol. The number of benzene rings is 2. The minimum absolute atomic E-state index is 0.0830. The zero-order valence-corrected chi connectivity index (χ0v) is 13.5. The van der Waals surface area contributed by atoms with E-state index in [1.165, 1.54) is 12.1 Å². The van der Waals surface area contributed by atoms with Crippen molar-refractivity contribution in [3.8, 4) is 5.75 Å². The molecule has 2 aromatic carbocycles. The monoisotopic (exact) mass is 400 g/mol. The molecule has 110 valence electrons. The first-order chi connectivity index (χ1) is 10.1. The molecule has 0 saturated carbocycles. The van der Waals surface area contributed by atoms with Crippen molar-refractivity contribution < 1.29 is 13.9 Å². The van der Waals surface area contributed by atoms with Crippen LogP contribution in [0.25, 0.3) is 0 Å². The molecule has 0 fully saturated rings. The Morgan fingerprint density at radius 1 is 1.24 bits per heavy atom. The third-order valence-corrected chi connectivity index (χ3v) is 3.64. The van der Waals surface area contributed by atoms with Gasteiger partial charge in [0.2, 0.25) is 5.91 Å². The summed E-state index contributed by atoms with van der Waals surface area (Å²) < 4.78 is 18.9. The van der Waals surface area contributed by atoms with Gasteiger partial charge in [0.1, 0.15) is 11.6 Å². The standard InChI is InChI=1S/C15H14FIN2O2/c1-21-14-5-3-2-4-13(14)19-15(20)9-18-12-7-6-10(16)8-11(12)17/h2-8,18H,9H2,1H3,(H,19,20). The van der Waals surface area contributed by atoms with E-state index in [1.807, 2.05) is 34.7 Å². The summed E-state index contributed by atoms with van der Waals surface area (Å²) in [5, 5.41) is 5.73. The zero-order valence-electron chi connectivity index (χ0n) is 11.3. The summed E-state index contributed by atoms with van der Waals surface area (Å²) in [5.74, 6) is 0.0882. The van der Waals surface area contributed by atoms with Crippen LogP contribution in [0.2, 0.25) is 0 Å². The number of para-hydroxylation sites is 2. The maximum atomic E-state index is 13.0. The highest BCUT2D eigenvalue weighted by Gasteiger charge is 2.08. The number of ether oxygens (including phenoxy) is 1. The molecule has 0 saturated heterocycles. The number of methoxy groups -OCH3 is 1. The molecule has 0 atom stereocenters. The van der Waals surface area contributed by atoms with Gasteiger partial charge >= 0.3 is 0 Å². The minimum atomic E-state index is -0.302. The topological polar surface area (TPSA) is 50.4 Å². The van der Waals surface area contributed by atoms with Gasteiger partial charge in [0.05, 0.1) is 19.3 Å². The normalized spacial score (nSPS) is 10.0. The average Bonchev–Trinajstić information content (AvgIpc) is 2.47. The van der Waals surface area contributed by atoms with Crippen molar-refractivity contribution >= 4 is 39.9 Å². The summed E-state index contributed by atoms with van der Waals surface area (Å²) in [5.41, 5.74) is 1.33. The van der Waals surface area contributed by atoms with Gasteiger partial charge in [-0.25, -0.2) is 4.39 Å². The van der Waals surface area contributed by atoms with Crippen molar-refractivity contribution in [3.05, 3.63) is 51.9 Å². The zero-order chi connectivity index (χ0) is 15.2. The molecule has 0 radical (unpaired) electrons. The van der Waals surface area contributed by atoms with Gasteiger partial charge in [-0.05, 0) is 52.9 Å². The van der Waals surface area contributed by atoms with Crippen molar-refractivity contribution in [2.75, 3.05) is 24.3 Å². The van der Waals surface area contributed by atoms with Crippen LogP contribution in [0.5, 0.6) is 5.75 Å².